The van der Waals surface area contributed by atoms with Crippen molar-refractivity contribution in [2.75, 3.05) is 49.7 Å². The van der Waals surface area contributed by atoms with Crippen LogP contribution in [0.25, 0.3) is 0 Å². The molecule has 0 amide bonds. The molecule has 9 heteroatoms. The van der Waals surface area contributed by atoms with Gasteiger partial charge < -0.3 is 31.2 Å². The Hall–Kier alpha value is -2.49. The third-order valence-corrected chi connectivity index (χ3v) is 4.52. The van der Waals surface area contributed by atoms with Crippen molar-refractivity contribution in [2.45, 2.75) is 25.6 Å². The number of nitrogens with two attached hydrogens (primary N) is 1. The molecule has 3 rings (SSSR count). The highest BCUT2D eigenvalue weighted by Gasteiger charge is 2.25. The lowest BCUT2D eigenvalue weighted by Gasteiger charge is -2.28. The Bertz CT molecular complexity index is 746. The molecule has 0 unspecified atom stereocenters. The van der Waals surface area contributed by atoms with E-state index in [-0.39, 0.29) is 6.10 Å². The molecule has 146 valence electrons. The van der Waals surface area contributed by atoms with Crippen molar-refractivity contribution in [3.63, 3.8) is 0 Å². The number of aromatic nitrogens is 3. The lowest BCUT2D eigenvalue weighted by molar-refractivity contribution is 0.0192. The summed E-state index contributed by atoms with van der Waals surface area (Å²) in [5, 5.41) is 9.96. The van der Waals surface area contributed by atoms with Gasteiger partial charge in [0.25, 0.3) is 0 Å². The van der Waals surface area contributed by atoms with Crippen molar-refractivity contribution in [3.8, 4) is 0 Å². The van der Waals surface area contributed by atoms with Gasteiger partial charge in [-0.2, -0.15) is 0 Å². The zero-order chi connectivity index (χ0) is 19.3. The molecule has 1 aliphatic rings. The zero-order valence-electron chi connectivity index (χ0n) is 16.0. The first-order valence-corrected chi connectivity index (χ1v) is 8.94. The van der Waals surface area contributed by atoms with Crippen molar-refractivity contribution in [1.82, 2.24) is 20.3 Å². The summed E-state index contributed by atoms with van der Waals surface area (Å²) in [5.41, 5.74) is 6.98. The van der Waals surface area contributed by atoms with E-state index in [1.54, 1.807) is 19.5 Å². The predicted molar refractivity (Wildman–Crippen MR) is 105 cm³/mol. The minimum atomic E-state index is -0.486. The fraction of sp³-hybridized carbons (Fsp3) is 0.500. The van der Waals surface area contributed by atoms with E-state index >= 15 is 0 Å². The lowest BCUT2D eigenvalue weighted by atomic mass is 9.98. The van der Waals surface area contributed by atoms with Crippen molar-refractivity contribution < 1.29 is 9.47 Å². The van der Waals surface area contributed by atoms with Crippen molar-refractivity contribution in [3.05, 3.63) is 30.2 Å². The van der Waals surface area contributed by atoms with E-state index in [9.17, 15) is 0 Å². The first-order valence-electron chi connectivity index (χ1n) is 8.94. The Labute approximate surface area is 159 Å². The molecule has 2 aromatic rings. The average molecular weight is 373 g/mol. The maximum absolute atomic E-state index is 5.77. The molecule has 0 aromatic carbocycles. The topological polar surface area (TPSA) is 119 Å². The number of nitrogens with zero attached hydrogens (tertiary/aromatic N) is 3. The van der Waals surface area contributed by atoms with E-state index in [0.717, 1.165) is 30.9 Å². The SMILES string of the molecule is COC(C)(C)c1cnc(Nc2cnc(N)cn2)cc1NC[C@@H]1CNCCO1. The summed E-state index contributed by atoms with van der Waals surface area (Å²) < 4.78 is 11.4. The molecule has 1 aliphatic heterocycles. The number of pyridine rings is 1. The van der Waals surface area contributed by atoms with Gasteiger partial charge in [0.05, 0.1) is 30.7 Å². The Kier molecular flexibility index (Phi) is 6.04. The third-order valence-electron chi connectivity index (χ3n) is 4.52. The molecule has 0 saturated carbocycles. The summed E-state index contributed by atoms with van der Waals surface area (Å²) in [6, 6.07) is 1.93. The van der Waals surface area contributed by atoms with Crippen LogP contribution in [-0.4, -0.2) is 54.4 Å². The molecular weight excluding hydrogens is 346 g/mol. The van der Waals surface area contributed by atoms with Crippen LogP contribution < -0.4 is 21.7 Å². The molecule has 1 fully saturated rings. The van der Waals surface area contributed by atoms with Gasteiger partial charge >= 0.3 is 0 Å². The van der Waals surface area contributed by atoms with E-state index in [1.807, 2.05) is 19.9 Å². The van der Waals surface area contributed by atoms with E-state index in [1.165, 1.54) is 6.20 Å². The summed E-state index contributed by atoms with van der Waals surface area (Å²) in [4.78, 5) is 12.7. The zero-order valence-corrected chi connectivity index (χ0v) is 16.0. The van der Waals surface area contributed by atoms with Crippen LogP contribution in [0, 0.1) is 0 Å². The quantitative estimate of drug-likeness (QED) is 0.572. The molecule has 0 bridgehead atoms. The number of anilines is 4. The van der Waals surface area contributed by atoms with Gasteiger partial charge in [0.1, 0.15) is 17.5 Å². The van der Waals surface area contributed by atoms with E-state index in [2.05, 4.69) is 30.9 Å². The Morgan fingerprint density at radius 2 is 2.07 bits per heavy atom. The largest absolute Gasteiger partial charge is 0.382 e. The minimum Gasteiger partial charge on any atom is -0.382 e. The normalized spacial score (nSPS) is 17.5. The Morgan fingerprint density at radius 3 is 2.74 bits per heavy atom. The summed E-state index contributed by atoms with van der Waals surface area (Å²) in [6.07, 6.45) is 4.99. The molecule has 1 saturated heterocycles. The molecule has 0 radical (unpaired) electrons. The van der Waals surface area contributed by atoms with Gasteiger partial charge in [0.2, 0.25) is 0 Å². The molecule has 0 aliphatic carbocycles. The number of morpholine rings is 1. The molecule has 1 atom stereocenters. The maximum Gasteiger partial charge on any atom is 0.150 e. The summed E-state index contributed by atoms with van der Waals surface area (Å²) in [6.45, 7) is 7.14. The number of ether oxygens (including phenoxy) is 2. The number of nitrogens with one attached hydrogen (secondary N) is 3. The number of methoxy groups -OCH3 is 1. The molecular formula is C18H27N7O2. The smallest absolute Gasteiger partial charge is 0.150 e. The van der Waals surface area contributed by atoms with Crippen molar-refractivity contribution in [2.24, 2.45) is 0 Å². The van der Waals surface area contributed by atoms with E-state index in [0.29, 0.717) is 24.0 Å². The van der Waals surface area contributed by atoms with E-state index in [4.69, 9.17) is 15.2 Å². The van der Waals surface area contributed by atoms with Crippen molar-refractivity contribution >= 4 is 23.1 Å². The van der Waals surface area contributed by atoms with Gasteiger partial charge in [-0.25, -0.2) is 15.0 Å². The number of nitrogen functional groups attached to an aromatic ring is 1. The number of rotatable bonds is 7. The highest BCUT2D eigenvalue weighted by molar-refractivity contribution is 5.62. The minimum absolute atomic E-state index is 0.116. The van der Waals surface area contributed by atoms with Crippen LogP contribution in [0.5, 0.6) is 0 Å². The molecule has 2 aromatic heterocycles. The molecule has 27 heavy (non-hydrogen) atoms. The summed E-state index contributed by atoms with van der Waals surface area (Å²) >= 11 is 0. The van der Waals surface area contributed by atoms with Crippen LogP contribution in [0.3, 0.4) is 0 Å². The predicted octanol–water partition coefficient (Wildman–Crippen LogP) is 1.48. The van der Waals surface area contributed by atoms with Crippen LogP contribution in [0.4, 0.5) is 23.1 Å². The summed E-state index contributed by atoms with van der Waals surface area (Å²) in [5.74, 6) is 1.59. The molecule has 0 spiro atoms. The standard InChI is InChI=1S/C18H27N7O2/c1-18(2,26-3)13-9-23-16(25-17-11-22-15(19)10-24-17)6-14(13)21-8-12-7-20-4-5-27-12/h6,9-12,20H,4-5,7-8H2,1-3H3,(H2,19,22)(H2,21,23,24,25)/t12-/m0/s1. The maximum atomic E-state index is 5.77. The van der Waals surface area contributed by atoms with Gasteiger partial charge in [0, 0.05) is 50.3 Å². The molecule has 9 nitrogen and oxygen atoms in total. The van der Waals surface area contributed by atoms with Gasteiger partial charge in [-0.05, 0) is 13.8 Å². The highest BCUT2D eigenvalue weighted by atomic mass is 16.5. The number of hydrogen-bond donors (Lipinski definition) is 4. The van der Waals surface area contributed by atoms with Gasteiger partial charge in [-0.1, -0.05) is 0 Å². The van der Waals surface area contributed by atoms with Gasteiger partial charge in [0.15, 0.2) is 0 Å². The lowest BCUT2D eigenvalue weighted by Crippen LogP contribution is -2.42. The second kappa shape index (κ2) is 8.47. The van der Waals surface area contributed by atoms with E-state index < -0.39 is 5.60 Å². The van der Waals surface area contributed by atoms with Crippen LogP contribution >= 0.6 is 0 Å². The van der Waals surface area contributed by atoms with Crippen LogP contribution in [0.15, 0.2) is 24.7 Å². The Morgan fingerprint density at radius 1 is 1.26 bits per heavy atom. The second-order valence-corrected chi connectivity index (χ2v) is 6.86. The second-order valence-electron chi connectivity index (χ2n) is 6.86. The monoisotopic (exact) mass is 373 g/mol. The van der Waals surface area contributed by atoms with Gasteiger partial charge in [-0.15, -0.1) is 0 Å². The van der Waals surface area contributed by atoms with Crippen LogP contribution in [0.1, 0.15) is 19.4 Å². The fourth-order valence-corrected chi connectivity index (χ4v) is 2.77. The third kappa shape index (κ3) is 5.03. The Balaban J connectivity index is 1.80. The first-order chi connectivity index (χ1) is 13.0. The van der Waals surface area contributed by atoms with Crippen LogP contribution in [-0.2, 0) is 15.1 Å². The molecule has 5 N–H and O–H groups in total. The summed E-state index contributed by atoms with van der Waals surface area (Å²) in [7, 11) is 1.69. The van der Waals surface area contributed by atoms with Crippen LogP contribution in [0.2, 0.25) is 0 Å². The highest BCUT2D eigenvalue weighted by Crippen LogP contribution is 2.32. The fourth-order valence-electron chi connectivity index (χ4n) is 2.77. The molecule has 3 heterocycles. The number of hydrogen-bond acceptors (Lipinski definition) is 9. The first kappa shape index (κ1) is 19.3. The van der Waals surface area contributed by atoms with Gasteiger partial charge in [-0.3, -0.25) is 0 Å². The van der Waals surface area contributed by atoms with Crippen molar-refractivity contribution in [1.29, 1.82) is 0 Å². The average Bonchev–Trinajstić information content (AvgIpc) is 2.69.